The number of benzene rings is 2. The van der Waals surface area contributed by atoms with Crippen LogP contribution in [0.5, 0.6) is 11.7 Å². The summed E-state index contributed by atoms with van der Waals surface area (Å²) >= 11 is 1.23. The van der Waals surface area contributed by atoms with E-state index >= 15 is 0 Å². The Labute approximate surface area is 160 Å². The summed E-state index contributed by atoms with van der Waals surface area (Å²) in [6.07, 6.45) is 0.256. The van der Waals surface area contributed by atoms with Gasteiger partial charge in [-0.25, -0.2) is 0 Å². The molecule has 0 radical (unpaired) electrons. The zero-order valence-corrected chi connectivity index (χ0v) is 15.8. The third-order valence-corrected chi connectivity index (χ3v) is 4.78. The van der Waals surface area contributed by atoms with Crippen LogP contribution in [0.25, 0.3) is 5.69 Å². The van der Waals surface area contributed by atoms with E-state index in [0.717, 1.165) is 11.3 Å². The predicted molar refractivity (Wildman–Crippen MR) is 99.2 cm³/mol. The lowest BCUT2D eigenvalue weighted by molar-refractivity contribution is -0.705. The van der Waals surface area contributed by atoms with Crippen LogP contribution in [0, 0.1) is 6.92 Å². The fourth-order valence-corrected chi connectivity index (χ4v) is 3.33. The Balaban J connectivity index is 1.61. The summed E-state index contributed by atoms with van der Waals surface area (Å²) in [5.74, 6) is 0.472. The highest BCUT2D eigenvalue weighted by Gasteiger charge is 2.21. The van der Waals surface area contributed by atoms with Crippen molar-refractivity contribution in [3.63, 3.8) is 0 Å². The fourth-order valence-electron chi connectivity index (χ4n) is 2.44. The lowest BCUT2D eigenvalue weighted by Crippen LogP contribution is -2.34. The minimum absolute atomic E-state index is 0.118. The minimum atomic E-state index is -0.532. The number of carbonyl (C=O) groups excluding carboxylic acids is 1. The summed E-state index contributed by atoms with van der Waals surface area (Å²) in [5, 5.41) is 18.9. The number of carbonyl (C=O) groups is 1. The van der Waals surface area contributed by atoms with Crippen LogP contribution in [0.4, 0.5) is 5.69 Å². The number of aromatic nitrogens is 2. The maximum atomic E-state index is 12.1. The molecule has 140 valence electrons. The highest BCUT2D eigenvalue weighted by Crippen LogP contribution is 2.24. The number of nitrogens with zero attached hydrogens (tertiary/aromatic N) is 2. The number of thioether (sulfide) groups is 1. The van der Waals surface area contributed by atoms with Crippen molar-refractivity contribution in [2.45, 2.75) is 18.4 Å². The molecule has 0 saturated carbocycles. The molecule has 27 heavy (non-hydrogen) atoms. The molecule has 8 heteroatoms. The first-order valence-corrected chi connectivity index (χ1v) is 9.28. The Morgan fingerprint density at radius 1 is 1.30 bits per heavy atom. The van der Waals surface area contributed by atoms with E-state index < -0.39 is 5.95 Å². The van der Waals surface area contributed by atoms with Gasteiger partial charge in [-0.05, 0) is 41.4 Å². The van der Waals surface area contributed by atoms with Crippen LogP contribution in [0.3, 0.4) is 0 Å². The van der Waals surface area contributed by atoms with E-state index in [0.29, 0.717) is 22.2 Å². The van der Waals surface area contributed by atoms with Crippen molar-refractivity contribution >= 4 is 23.4 Å². The first-order valence-electron chi connectivity index (χ1n) is 8.29. The van der Waals surface area contributed by atoms with Gasteiger partial charge < -0.3 is 19.7 Å². The second kappa shape index (κ2) is 8.59. The number of methoxy groups -OCH3 is 1. The monoisotopic (exact) mass is 385 g/mol. The van der Waals surface area contributed by atoms with Crippen LogP contribution in [-0.2, 0) is 4.79 Å². The van der Waals surface area contributed by atoms with Crippen molar-refractivity contribution in [3.8, 4) is 17.4 Å². The van der Waals surface area contributed by atoms with Crippen molar-refractivity contribution in [1.82, 2.24) is 5.27 Å². The highest BCUT2D eigenvalue weighted by molar-refractivity contribution is 7.99. The van der Waals surface area contributed by atoms with E-state index in [-0.39, 0.29) is 12.3 Å². The van der Waals surface area contributed by atoms with Crippen LogP contribution in [0.1, 0.15) is 12.0 Å². The van der Waals surface area contributed by atoms with Crippen molar-refractivity contribution in [3.05, 3.63) is 54.1 Å². The van der Waals surface area contributed by atoms with E-state index in [1.165, 1.54) is 16.4 Å². The smallest absolute Gasteiger partial charge is 0.297 e. The number of ether oxygens (including phenoxy) is 1. The lowest BCUT2D eigenvalue weighted by Gasteiger charge is -2.05. The largest absolute Gasteiger partial charge is 0.538 e. The topological polar surface area (TPSA) is 91.3 Å². The maximum Gasteiger partial charge on any atom is 0.297 e. The Hall–Kier alpha value is -3.00. The van der Waals surface area contributed by atoms with E-state index in [9.17, 15) is 9.90 Å². The van der Waals surface area contributed by atoms with Gasteiger partial charge in [0.2, 0.25) is 11.6 Å². The van der Waals surface area contributed by atoms with Gasteiger partial charge in [0, 0.05) is 30.0 Å². The lowest BCUT2D eigenvalue weighted by atomic mass is 10.2. The van der Waals surface area contributed by atoms with Crippen LogP contribution >= 0.6 is 11.8 Å². The number of amides is 1. The van der Waals surface area contributed by atoms with E-state index in [2.05, 4.69) is 10.6 Å². The van der Waals surface area contributed by atoms with Gasteiger partial charge in [0.25, 0.3) is 5.03 Å². The van der Waals surface area contributed by atoms with E-state index in [4.69, 9.17) is 9.26 Å². The number of aryl methyl sites for hydroxylation is 1. The van der Waals surface area contributed by atoms with E-state index in [1.54, 1.807) is 31.4 Å². The third kappa shape index (κ3) is 4.79. The molecule has 0 saturated heterocycles. The Morgan fingerprint density at radius 2 is 2.07 bits per heavy atom. The SMILES string of the molecule is COc1ccc(-[n+]2noc([O-])c2SCCC(=O)Nc2cccc(C)c2)cc1. The van der Waals surface area contributed by atoms with Crippen molar-refractivity contribution in [2.24, 2.45) is 0 Å². The fraction of sp³-hybridized carbons (Fsp3) is 0.211. The van der Waals surface area contributed by atoms with Gasteiger partial charge in [0.15, 0.2) is 5.95 Å². The molecule has 1 aromatic heterocycles. The molecular weight excluding hydrogens is 366 g/mol. The summed E-state index contributed by atoms with van der Waals surface area (Å²) in [7, 11) is 1.58. The molecule has 1 heterocycles. The van der Waals surface area contributed by atoms with Crippen LogP contribution in [0.2, 0.25) is 0 Å². The van der Waals surface area contributed by atoms with E-state index in [1.807, 2.05) is 31.2 Å². The Kier molecular flexibility index (Phi) is 5.97. The van der Waals surface area contributed by atoms with Gasteiger partial charge in [-0.15, -0.1) is 0 Å². The number of nitrogens with one attached hydrogen (secondary N) is 1. The molecule has 0 aliphatic carbocycles. The standard InChI is InChI=1S/C19H19N3O4S/c1-13-4-3-5-14(12-13)20-17(23)10-11-27-18-19(24)26-21-22(18)15-6-8-16(25-2)9-7-15/h3-9,12H,10-11H2,1-2H3,(H-,20,21,23,24). The van der Waals surface area contributed by atoms with Gasteiger partial charge >= 0.3 is 0 Å². The molecule has 0 aliphatic heterocycles. The van der Waals surface area contributed by atoms with Crippen molar-refractivity contribution in [1.29, 1.82) is 0 Å². The number of rotatable bonds is 7. The molecule has 1 amide bonds. The summed E-state index contributed by atoms with van der Waals surface area (Å²) in [6.45, 7) is 1.96. The second-order valence-corrected chi connectivity index (χ2v) is 6.88. The molecule has 0 fully saturated rings. The first kappa shape index (κ1) is 18.8. The first-order chi connectivity index (χ1) is 13.1. The van der Waals surface area contributed by atoms with Crippen molar-refractivity contribution < 1.29 is 23.8 Å². The molecule has 7 nitrogen and oxygen atoms in total. The molecule has 3 aromatic rings. The minimum Gasteiger partial charge on any atom is -0.538 e. The van der Waals surface area contributed by atoms with Gasteiger partial charge in [-0.3, -0.25) is 4.79 Å². The molecule has 2 aromatic carbocycles. The highest BCUT2D eigenvalue weighted by atomic mass is 32.2. The molecule has 0 aliphatic rings. The summed E-state index contributed by atoms with van der Waals surface area (Å²) < 4.78 is 11.3. The number of hydrogen-bond acceptors (Lipinski definition) is 6. The van der Waals surface area contributed by atoms with Crippen molar-refractivity contribution in [2.75, 3.05) is 18.2 Å². The number of hydrogen-bond donors (Lipinski definition) is 1. The van der Waals surface area contributed by atoms with Gasteiger partial charge in [-0.1, -0.05) is 23.9 Å². The molecule has 0 unspecified atom stereocenters. The Morgan fingerprint density at radius 3 is 2.78 bits per heavy atom. The zero-order chi connectivity index (χ0) is 19.2. The molecule has 0 bridgehead atoms. The van der Waals surface area contributed by atoms with Crippen LogP contribution in [-0.4, -0.2) is 24.0 Å². The maximum absolute atomic E-state index is 12.1. The molecule has 0 atom stereocenters. The zero-order valence-electron chi connectivity index (χ0n) is 15.0. The van der Waals surface area contributed by atoms with Gasteiger partial charge in [0.1, 0.15) is 5.75 Å². The number of anilines is 1. The summed E-state index contributed by atoms with van der Waals surface area (Å²) in [4.78, 5) is 12.1. The third-order valence-electron chi connectivity index (χ3n) is 3.76. The quantitative estimate of drug-likeness (QED) is 0.496. The van der Waals surface area contributed by atoms with Crippen LogP contribution < -0.4 is 19.8 Å². The summed E-state index contributed by atoms with van der Waals surface area (Å²) in [5.41, 5.74) is 2.50. The second-order valence-electron chi connectivity index (χ2n) is 5.79. The Bertz CT molecular complexity index is 925. The average Bonchev–Trinajstić information content (AvgIpc) is 3.02. The predicted octanol–water partition coefficient (Wildman–Crippen LogP) is 2.46. The summed E-state index contributed by atoms with van der Waals surface area (Å²) in [6, 6.07) is 14.7. The molecular formula is C19H19N3O4S. The average molecular weight is 385 g/mol. The van der Waals surface area contributed by atoms with Gasteiger partial charge in [-0.2, -0.15) is 0 Å². The van der Waals surface area contributed by atoms with Crippen LogP contribution in [0.15, 0.2) is 58.1 Å². The normalized spacial score (nSPS) is 10.6. The molecule has 1 N–H and O–H groups in total. The molecule has 3 rings (SSSR count). The van der Waals surface area contributed by atoms with Gasteiger partial charge in [0.05, 0.1) is 12.4 Å². The molecule has 0 spiro atoms.